The Labute approximate surface area is 110 Å². The number of nitrogens with two attached hydrogens (primary N) is 1. The van der Waals surface area contributed by atoms with Gasteiger partial charge in [0.05, 0.1) is 12.2 Å². The highest BCUT2D eigenvalue weighted by Crippen LogP contribution is 2.23. The summed E-state index contributed by atoms with van der Waals surface area (Å²) in [6.45, 7) is 11.2. The minimum absolute atomic E-state index is 0.263. The fraction of sp³-hybridized carbons (Fsp3) is 0.714. The van der Waals surface area contributed by atoms with Crippen molar-refractivity contribution in [1.29, 1.82) is 0 Å². The zero-order valence-corrected chi connectivity index (χ0v) is 12.2. The third kappa shape index (κ3) is 4.51. The van der Waals surface area contributed by atoms with Crippen molar-refractivity contribution >= 4 is 5.82 Å². The van der Waals surface area contributed by atoms with Crippen LogP contribution in [-0.4, -0.2) is 16.6 Å². The van der Waals surface area contributed by atoms with E-state index in [1.807, 2.05) is 6.92 Å². The maximum Gasteiger partial charge on any atom is 0.221 e. The molecule has 4 heteroatoms. The van der Waals surface area contributed by atoms with Crippen LogP contribution >= 0.6 is 0 Å². The molecule has 0 aromatic carbocycles. The van der Waals surface area contributed by atoms with Gasteiger partial charge < -0.3 is 10.5 Å². The predicted molar refractivity (Wildman–Crippen MR) is 74.7 cm³/mol. The summed E-state index contributed by atoms with van der Waals surface area (Å²) in [4.78, 5) is 8.70. The molecule has 0 atom stereocenters. The zero-order valence-electron chi connectivity index (χ0n) is 12.2. The van der Waals surface area contributed by atoms with Crippen LogP contribution in [0.3, 0.4) is 0 Å². The summed E-state index contributed by atoms with van der Waals surface area (Å²) >= 11 is 0. The van der Waals surface area contributed by atoms with Gasteiger partial charge in [-0.05, 0) is 25.2 Å². The third-order valence-corrected chi connectivity index (χ3v) is 2.75. The molecule has 0 bridgehead atoms. The van der Waals surface area contributed by atoms with Crippen LogP contribution in [0.4, 0.5) is 5.82 Å². The molecule has 0 fully saturated rings. The Morgan fingerprint density at radius 1 is 1.22 bits per heavy atom. The van der Waals surface area contributed by atoms with Crippen LogP contribution in [-0.2, 0) is 6.42 Å². The first-order valence-electron chi connectivity index (χ1n) is 6.59. The number of nitrogen functional groups attached to an aromatic ring is 1. The van der Waals surface area contributed by atoms with Crippen LogP contribution in [0.2, 0.25) is 0 Å². The Morgan fingerprint density at radius 3 is 2.44 bits per heavy atom. The normalized spacial score (nSPS) is 11.6. The van der Waals surface area contributed by atoms with E-state index in [1.54, 1.807) is 0 Å². The third-order valence-electron chi connectivity index (χ3n) is 2.75. The first kappa shape index (κ1) is 14.7. The van der Waals surface area contributed by atoms with Crippen LogP contribution < -0.4 is 10.5 Å². The molecular formula is C14H25N3O. The first-order valence-corrected chi connectivity index (χ1v) is 6.59. The van der Waals surface area contributed by atoms with Gasteiger partial charge in [-0.3, -0.25) is 0 Å². The standard InChI is InChI=1S/C14H25N3O/c1-6-7-11-16-12(15)10(2)13(17-11)18-9-8-14(3,4)5/h6-9H2,1-5H3,(H2,15,16,17). The lowest BCUT2D eigenvalue weighted by molar-refractivity contribution is 0.234. The number of nitrogens with zero attached hydrogens (tertiary/aromatic N) is 2. The average Bonchev–Trinajstić information content (AvgIpc) is 2.23. The van der Waals surface area contributed by atoms with E-state index in [0.717, 1.165) is 30.7 Å². The highest BCUT2D eigenvalue weighted by molar-refractivity contribution is 5.44. The fourth-order valence-corrected chi connectivity index (χ4v) is 1.49. The van der Waals surface area contributed by atoms with Crippen molar-refractivity contribution in [3.63, 3.8) is 0 Å². The van der Waals surface area contributed by atoms with E-state index < -0.39 is 0 Å². The van der Waals surface area contributed by atoms with Gasteiger partial charge in [0, 0.05) is 6.42 Å². The molecule has 0 saturated heterocycles. The molecule has 0 aliphatic heterocycles. The number of hydrogen-bond donors (Lipinski definition) is 1. The summed E-state index contributed by atoms with van der Waals surface area (Å²) in [5.74, 6) is 1.93. The molecule has 0 amide bonds. The largest absolute Gasteiger partial charge is 0.477 e. The lowest BCUT2D eigenvalue weighted by atomic mass is 9.93. The van der Waals surface area contributed by atoms with Crippen LogP contribution in [0.15, 0.2) is 0 Å². The molecule has 0 spiro atoms. The second-order valence-corrected chi connectivity index (χ2v) is 5.86. The number of aromatic nitrogens is 2. The van der Waals surface area contributed by atoms with Crippen LogP contribution in [0, 0.1) is 12.3 Å². The van der Waals surface area contributed by atoms with E-state index in [0.29, 0.717) is 18.3 Å². The molecule has 4 nitrogen and oxygen atoms in total. The Kier molecular flexibility index (Phi) is 4.93. The van der Waals surface area contributed by atoms with Gasteiger partial charge in [0.15, 0.2) is 0 Å². The molecule has 0 aliphatic rings. The molecule has 1 aromatic rings. The minimum Gasteiger partial charge on any atom is -0.477 e. The Morgan fingerprint density at radius 2 is 1.89 bits per heavy atom. The second kappa shape index (κ2) is 6.03. The molecule has 1 aromatic heterocycles. The Balaban J connectivity index is 2.74. The van der Waals surface area contributed by atoms with Crippen LogP contribution in [0.1, 0.15) is 51.9 Å². The molecular weight excluding hydrogens is 226 g/mol. The summed E-state index contributed by atoms with van der Waals surface area (Å²) in [6.07, 6.45) is 2.82. The first-order chi connectivity index (χ1) is 8.33. The summed E-state index contributed by atoms with van der Waals surface area (Å²) in [6, 6.07) is 0. The van der Waals surface area contributed by atoms with Crippen molar-refractivity contribution < 1.29 is 4.74 Å². The number of anilines is 1. The molecule has 0 saturated carbocycles. The average molecular weight is 251 g/mol. The van der Waals surface area contributed by atoms with Gasteiger partial charge >= 0.3 is 0 Å². The van der Waals surface area contributed by atoms with Gasteiger partial charge in [-0.15, -0.1) is 0 Å². The SMILES string of the molecule is CCCc1nc(N)c(C)c(OCCC(C)(C)C)n1. The topological polar surface area (TPSA) is 61.0 Å². The second-order valence-electron chi connectivity index (χ2n) is 5.86. The maximum atomic E-state index is 5.88. The van der Waals surface area contributed by atoms with Gasteiger partial charge in [0.1, 0.15) is 11.6 Å². The van der Waals surface area contributed by atoms with E-state index in [9.17, 15) is 0 Å². The quantitative estimate of drug-likeness (QED) is 0.873. The minimum atomic E-state index is 0.263. The highest BCUT2D eigenvalue weighted by Gasteiger charge is 2.13. The van der Waals surface area contributed by atoms with Gasteiger partial charge in [0.25, 0.3) is 0 Å². The molecule has 2 N–H and O–H groups in total. The van der Waals surface area contributed by atoms with Gasteiger partial charge in [-0.2, -0.15) is 4.98 Å². The Bertz CT molecular complexity index is 397. The fourth-order valence-electron chi connectivity index (χ4n) is 1.49. The lowest BCUT2D eigenvalue weighted by Crippen LogP contribution is -2.13. The summed E-state index contributed by atoms with van der Waals surface area (Å²) in [7, 11) is 0. The van der Waals surface area contributed by atoms with Crippen LogP contribution in [0.25, 0.3) is 0 Å². The van der Waals surface area contributed by atoms with E-state index in [-0.39, 0.29) is 5.41 Å². The van der Waals surface area contributed by atoms with Gasteiger partial charge in [0.2, 0.25) is 5.88 Å². The Hall–Kier alpha value is -1.32. The van der Waals surface area contributed by atoms with Crippen molar-refractivity contribution in [1.82, 2.24) is 9.97 Å². The molecule has 102 valence electrons. The highest BCUT2D eigenvalue weighted by atomic mass is 16.5. The molecule has 0 radical (unpaired) electrons. The monoisotopic (exact) mass is 251 g/mol. The van der Waals surface area contributed by atoms with Crippen molar-refractivity contribution in [3.05, 3.63) is 11.4 Å². The molecule has 0 aliphatic carbocycles. The number of ether oxygens (including phenoxy) is 1. The van der Waals surface area contributed by atoms with Gasteiger partial charge in [-0.1, -0.05) is 27.7 Å². The zero-order chi connectivity index (χ0) is 13.8. The smallest absolute Gasteiger partial charge is 0.221 e. The van der Waals surface area contributed by atoms with Gasteiger partial charge in [-0.25, -0.2) is 4.98 Å². The van der Waals surface area contributed by atoms with Crippen molar-refractivity contribution in [2.75, 3.05) is 12.3 Å². The summed E-state index contributed by atoms with van der Waals surface area (Å²) in [5.41, 5.74) is 6.98. The predicted octanol–water partition coefficient (Wildman–Crippen LogP) is 3.13. The molecule has 1 heterocycles. The molecule has 0 unspecified atom stereocenters. The lowest BCUT2D eigenvalue weighted by Gasteiger charge is -2.18. The van der Waals surface area contributed by atoms with Crippen molar-refractivity contribution in [2.24, 2.45) is 5.41 Å². The van der Waals surface area contributed by atoms with Crippen molar-refractivity contribution in [2.45, 2.75) is 53.9 Å². The number of rotatable bonds is 5. The molecule has 1 rings (SSSR count). The van der Waals surface area contributed by atoms with E-state index >= 15 is 0 Å². The summed E-state index contributed by atoms with van der Waals surface area (Å²) < 4.78 is 5.75. The van der Waals surface area contributed by atoms with E-state index in [4.69, 9.17) is 10.5 Å². The van der Waals surface area contributed by atoms with Crippen LogP contribution in [0.5, 0.6) is 5.88 Å². The van der Waals surface area contributed by atoms with E-state index in [1.165, 1.54) is 0 Å². The summed E-state index contributed by atoms with van der Waals surface area (Å²) in [5, 5.41) is 0. The number of hydrogen-bond acceptors (Lipinski definition) is 4. The maximum absolute atomic E-state index is 5.88. The molecule has 18 heavy (non-hydrogen) atoms. The van der Waals surface area contributed by atoms with E-state index in [2.05, 4.69) is 37.7 Å². The van der Waals surface area contributed by atoms with Crippen molar-refractivity contribution in [3.8, 4) is 5.88 Å². The number of aryl methyl sites for hydroxylation is 1.